The molecular formula is C16H23NO3. The minimum Gasteiger partial charge on any atom is -0.497 e. The summed E-state index contributed by atoms with van der Waals surface area (Å²) < 4.78 is 17.1. The fraction of sp³-hybridized carbons (Fsp3) is 0.625. The maximum atomic E-state index is 5.96. The van der Waals surface area contributed by atoms with E-state index in [-0.39, 0.29) is 11.9 Å². The summed E-state index contributed by atoms with van der Waals surface area (Å²) in [4.78, 5) is 2.45. The second-order valence-electron chi connectivity index (χ2n) is 5.78. The average Bonchev–Trinajstić information content (AvgIpc) is 2.83. The second kappa shape index (κ2) is 5.72. The SMILES string of the molecule is COc1cccc(CN2CCC3(CC2)OCC(C)O3)c1. The summed E-state index contributed by atoms with van der Waals surface area (Å²) >= 11 is 0. The van der Waals surface area contributed by atoms with Gasteiger partial charge in [-0.15, -0.1) is 0 Å². The molecule has 0 aromatic heterocycles. The van der Waals surface area contributed by atoms with Gasteiger partial charge in [-0.25, -0.2) is 0 Å². The number of hydrogen-bond acceptors (Lipinski definition) is 4. The second-order valence-corrected chi connectivity index (χ2v) is 5.78. The van der Waals surface area contributed by atoms with Crippen molar-refractivity contribution < 1.29 is 14.2 Å². The standard InChI is InChI=1S/C16H23NO3/c1-13-12-19-16(20-13)6-8-17(9-7-16)11-14-4-3-5-15(10-14)18-2/h3-5,10,13H,6-9,11-12H2,1-2H3. The van der Waals surface area contributed by atoms with Gasteiger partial charge in [0.2, 0.25) is 0 Å². The van der Waals surface area contributed by atoms with E-state index in [1.807, 2.05) is 12.1 Å². The molecule has 20 heavy (non-hydrogen) atoms. The molecule has 2 fully saturated rings. The van der Waals surface area contributed by atoms with Crippen molar-refractivity contribution in [3.8, 4) is 5.75 Å². The third-order valence-electron chi connectivity index (χ3n) is 4.16. The Balaban J connectivity index is 1.56. The highest BCUT2D eigenvalue weighted by Crippen LogP contribution is 2.34. The van der Waals surface area contributed by atoms with Crippen LogP contribution in [0.5, 0.6) is 5.75 Å². The maximum Gasteiger partial charge on any atom is 0.171 e. The van der Waals surface area contributed by atoms with Crippen molar-refractivity contribution in [2.45, 2.75) is 38.2 Å². The summed E-state index contributed by atoms with van der Waals surface area (Å²) in [7, 11) is 1.71. The lowest BCUT2D eigenvalue weighted by Crippen LogP contribution is -2.45. The number of likely N-dealkylation sites (tertiary alicyclic amines) is 1. The molecular weight excluding hydrogens is 254 g/mol. The molecule has 1 atom stereocenters. The van der Waals surface area contributed by atoms with Crippen LogP contribution >= 0.6 is 0 Å². The van der Waals surface area contributed by atoms with E-state index in [2.05, 4.69) is 24.0 Å². The number of nitrogens with zero attached hydrogens (tertiary/aromatic N) is 1. The number of piperidine rings is 1. The van der Waals surface area contributed by atoms with Crippen LogP contribution in [0.15, 0.2) is 24.3 Å². The van der Waals surface area contributed by atoms with Gasteiger partial charge >= 0.3 is 0 Å². The van der Waals surface area contributed by atoms with E-state index in [0.29, 0.717) is 0 Å². The van der Waals surface area contributed by atoms with Crippen molar-refractivity contribution in [2.75, 3.05) is 26.8 Å². The van der Waals surface area contributed by atoms with Gasteiger partial charge in [0.1, 0.15) is 5.75 Å². The molecule has 1 spiro atoms. The van der Waals surface area contributed by atoms with Crippen LogP contribution in [-0.4, -0.2) is 43.6 Å². The lowest BCUT2D eigenvalue weighted by atomic mass is 10.0. The van der Waals surface area contributed by atoms with Crippen molar-refractivity contribution in [3.63, 3.8) is 0 Å². The van der Waals surface area contributed by atoms with Gasteiger partial charge in [0.05, 0.1) is 19.8 Å². The Kier molecular flexibility index (Phi) is 3.96. The van der Waals surface area contributed by atoms with Crippen LogP contribution in [0.2, 0.25) is 0 Å². The molecule has 4 nitrogen and oxygen atoms in total. The zero-order valence-electron chi connectivity index (χ0n) is 12.3. The minimum atomic E-state index is -0.301. The largest absolute Gasteiger partial charge is 0.497 e. The lowest BCUT2D eigenvalue weighted by molar-refractivity contribution is -0.194. The summed E-state index contributed by atoms with van der Waals surface area (Å²) in [5.41, 5.74) is 1.29. The van der Waals surface area contributed by atoms with Gasteiger partial charge in [-0.1, -0.05) is 12.1 Å². The molecule has 110 valence electrons. The van der Waals surface area contributed by atoms with Crippen LogP contribution in [0.4, 0.5) is 0 Å². The molecule has 2 aliphatic rings. The van der Waals surface area contributed by atoms with E-state index in [9.17, 15) is 0 Å². The molecule has 2 heterocycles. The molecule has 1 aromatic rings. The van der Waals surface area contributed by atoms with Crippen molar-refractivity contribution in [1.29, 1.82) is 0 Å². The number of ether oxygens (including phenoxy) is 3. The van der Waals surface area contributed by atoms with E-state index < -0.39 is 0 Å². The molecule has 0 bridgehead atoms. The predicted molar refractivity (Wildman–Crippen MR) is 76.7 cm³/mol. The molecule has 0 N–H and O–H groups in total. The monoisotopic (exact) mass is 277 g/mol. The molecule has 0 amide bonds. The molecule has 1 unspecified atom stereocenters. The highest BCUT2D eigenvalue weighted by molar-refractivity contribution is 5.28. The summed E-state index contributed by atoms with van der Waals surface area (Å²) in [5.74, 6) is 0.622. The zero-order valence-corrected chi connectivity index (χ0v) is 12.3. The molecule has 0 radical (unpaired) electrons. The molecule has 1 aromatic carbocycles. The summed E-state index contributed by atoms with van der Waals surface area (Å²) in [6.07, 6.45) is 2.16. The summed E-state index contributed by atoms with van der Waals surface area (Å²) in [6, 6.07) is 8.29. The number of rotatable bonds is 3. The highest BCUT2D eigenvalue weighted by atomic mass is 16.7. The van der Waals surface area contributed by atoms with Crippen molar-refractivity contribution >= 4 is 0 Å². The molecule has 2 aliphatic heterocycles. The van der Waals surface area contributed by atoms with Crippen molar-refractivity contribution in [3.05, 3.63) is 29.8 Å². The van der Waals surface area contributed by atoms with E-state index in [1.165, 1.54) is 5.56 Å². The average molecular weight is 277 g/mol. The number of methoxy groups -OCH3 is 1. The minimum absolute atomic E-state index is 0.236. The van der Waals surface area contributed by atoms with E-state index >= 15 is 0 Å². The van der Waals surface area contributed by atoms with Crippen LogP contribution in [-0.2, 0) is 16.0 Å². The normalized spacial score (nSPS) is 26.0. The van der Waals surface area contributed by atoms with Crippen LogP contribution in [0.25, 0.3) is 0 Å². The summed E-state index contributed by atoms with van der Waals surface area (Å²) in [5, 5.41) is 0. The van der Waals surface area contributed by atoms with Gasteiger partial charge in [0.25, 0.3) is 0 Å². The van der Waals surface area contributed by atoms with Crippen LogP contribution in [0.1, 0.15) is 25.3 Å². The van der Waals surface area contributed by atoms with Crippen molar-refractivity contribution in [2.24, 2.45) is 0 Å². The van der Waals surface area contributed by atoms with E-state index in [0.717, 1.165) is 44.8 Å². The van der Waals surface area contributed by atoms with Gasteiger partial charge in [0.15, 0.2) is 5.79 Å². The van der Waals surface area contributed by atoms with Gasteiger partial charge < -0.3 is 14.2 Å². The Morgan fingerprint density at radius 2 is 2.15 bits per heavy atom. The highest BCUT2D eigenvalue weighted by Gasteiger charge is 2.42. The Hall–Kier alpha value is -1.10. The van der Waals surface area contributed by atoms with Gasteiger partial charge in [-0.05, 0) is 24.6 Å². The number of benzene rings is 1. The first-order valence-corrected chi connectivity index (χ1v) is 7.36. The summed E-state index contributed by atoms with van der Waals surface area (Å²) in [6.45, 7) is 5.81. The van der Waals surface area contributed by atoms with Crippen LogP contribution in [0, 0.1) is 0 Å². The first kappa shape index (κ1) is 13.9. The first-order valence-electron chi connectivity index (χ1n) is 7.36. The van der Waals surface area contributed by atoms with Crippen molar-refractivity contribution in [1.82, 2.24) is 4.90 Å². The molecule has 4 heteroatoms. The Morgan fingerprint density at radius 3 is 2.80 bits per heavy atom. The van der Waals surface area contributed by atoms with Crippen LogP contribution in [0.3, 0.4) is 0 Å². The zero-order chi connectivity index (χ0) is 14.0. The van der Waals surface area contributed by atoms with Gasteiger partial charge in [0, 0.05) is 32.5 Å². The molecule has 0 saturated carbocycles. The van der Waals surface area contributed by atoms with E-state index in [4.69, 9.17) is 14.2 Å². The fourth-order valence-corrected chi connectivity index (χ4v) is 3.05. The Bertz CT molecular complexity index is 455. The Labute approximate surface area is 120 Å². The first-order chi connectivity index (χ1) is 9.69. The molecule has 2 saturated heterocycles. The maximum absolute atomic E-state index is 5.96. The topological polar surface area (TPSA) is 30.9 Å². The predicted octanol–water partition coefficient (Wildman–Crippen LogP) is 2.42. The smallest absolute Gasteiger partial charge is 0.171 e. The van der Waals surface area contributed by atoms with Gasteiger partial charge in [-0.2, -0.15) is 0 Å². The number of hydrogen-bond donors (Lipinski definition) is 0. The third kappa shape index (κ3) is 2.97. The van der Waals surface area contributed by atoms with Crippen LogP contribution < -0.4 is 4.74 Å². The Morgan fingerprint density at radius 1 is 1.35 bits per heavy atom. The van der Waals surface area contributed by atoms with Gasteiger partial charge in [-0.3, -0.25) is 4.90 Å². The quantitative estimate of drug-likeness (QED) is 0.849. The van der Waals surface area contributed by atoms with E-state index in [1.54, 1.807) is 7.11 Å². The third-order valence-corrected chi connectivity index (χ3v) is 4.16. The molecule has 3 rings (SSSR count). The lowest BCUT2D eigenvalue weighted by Gasteiger charge is -2.37. The fourth-order valence-electron chi connectivity index (χ4n) is 3.05. The molecule has 0 aliphatic carbocycles.